The van der Waals surface area contributed by atoms with Gasteiger partial charge in [-0.15, -0.1) is 0 Å². The van der Waals surface area contributed by atoms with Crippen molar-refractivity contribution in [3.8, 4) is 0 Å². The molecule has 4 heteroatoms. The Labute approximate surface area is 121 Å². The van der Waals surface area contributed by atoms with Gasteiger partial charge in [0, 0.05) is 0 Å². The molecule has 114 valence electrons. The van der Waals surface area contributed by atoms with E-state index in [0.29, 0.717) is 0 Å². The molecule has 0 spiro atoms. The Kier molecular flexibility index (Phi) is 6.20. The van der Waals surface area contributed by atoms with Gasteiger partial charge >= 0.3 is 0 Å². The van der Waals surface area contributed by atoms with Crippen molar-refractivity contribution in [2.45, 2.75) is 54.4 Å². The SMILES string of the molecule is CC(=CC(C)(C)CCC(C)(C)C=C(C)C(=O)[O-])C(=O)[O-]. The summed E-state index contributed by atoms with van der Waals surface area (Å²) >= 11 is 0. The Hall–Kier alpha value is -1.58. The van der Waals surface area contributed by atoms with E-state index in [9.17, 15) is 19.8 Å². The second kappa shape index (κ2) is 6.73. The van der Waals surface area contributed by atoms with Crippen LogP contribution in [0.25, 0.3) is 0 Å². The minimum absolute atomic E-state index is 0.217. The molecule has 0 aliphatic rings. The standard InChI is InChI=1S/C16H26O4/c1-11(13(17)18)9-15(3,4)7-8-16(5,6)10-12(2)14(19)20/h9-10H,7-8H2,1-6H3,(H,17,18)(H,19,20)/p-2. The summed E-state index contributed by atoms with van der Waals surface area (Å²) in [6.07, 6.45) is 4.85. The fraction of sp³-hybridized carbons (Fsp3) is 0.625. The first-order valence-corrected chi connectivity index (χ1v) is 6.68. The summed E-state index contributed by atoms with van der Waals surface area (Å²) in [7, 11) is 0. The lowest BCUT2D eigenvalue weighted by Gasteiger charge is -2.28. The van der Waals surface area contributed by atoms with E-state index in [2.05, 4.69) is 0 Å². The second-order valence-electron chi connectivity index (χ2n) is 6.71. The normalized spacial score (nSPS) is 14.3. The third-order valence-corrected chi connectivity index (χ3v) is 3.27. The molecule has 0 unspecified atom stereocenters. The van der Waals surface area contributed by atoms with Crippen LogP contribution in [0.1, 0.15) is 54.4 Å². The number of carboxylic acids is 2. The van der Waals surface area contributed by atoms with E-state index >= 15 is 0 Å². The summed E-state index contributed by atoms with van der Waals surface area (Å²) in [4.78, 5) is 21.5. The molecule has 0 N–H and O–H groups in total. The first kappa shape index (κ1) is 18.4. The van der Waals surface area contributed by atoms with Gasteiger partial charge in [0.15, 0.2) is 0 Å². The van der Waals surface area contributed by atoms with Crippen molar-refractivity contribution in [3.63, 3.8) is 0 Å². The van der Waals surface area contributed by atoms with Gasteiger partial charge in [0.2, 0.25) is 0 Å². The monoisotopic (exact) mass is 280 g/mol. The molecular formula is C16H24O4-2. The van der Waals surface area contributed by atoms with Gasteiger partial charge in [-0.1, -0.05) is 39.8 Å². The van der Waals surface area contributed by atoms with Crippen LogP contribution in [0.5, 0.6) is 0 Å². The lowest BCUT2D eigenvalue weighted by molar-refractivity contribution is -0.300. The van der Waals surface area contributed by atoms with Crippen LogP contribution >= 0.6 is 0 Å². The minimum atomic E-state index is -1.16. The number of allylic oxidation sites excluding steroid dienone is 2. The van der Waals surface area contributed by atoms with Gasteiger partial charge < -0.3 is 19.8 Å². The fourth-order valence-electron chi connectivity index (χ4n) is 2.08. The lowest BCUT2D eigenvalue weighted by Crippen LogP contribution is -2.26. The molecule has 0 aromatic heterocycles. The van der Waals surface area contributed by atoms with E-state index in [4.69, 9.17) is 0 Å². The molecule has 0 aliphatic heterocycles. The maximum absolute atomic E-state index is 10.7. The van der Waals surface area contributed by atoms with Crippen LogP contribution < -0.4 is 10.2 Å². The maximum Gasteiger partial charge on any atom is 0.0669 e. The average molecular weight is 280 g/mol. The van der Waals surface area contributed by atoms with E-state index in [1.807, 2.05) is 27.7 Å². The zero-order valence-corrected chi connectivity index (χ0v) is 13.2. The van der Waals surface area contributed by atoms with E-state index in [0.717, 1.165) is 12.8 Å². The molecule has 0 bridgehead atoms. The van der Waals surface area contributed by atoms with Crippen LogP contribution in [0.15, 0.2) is 23.3 Å². The Morgan fingerprint density at radius 3 is 1.25 bits per heavy atom. The van der Waals surface area contributed by atoms with Crippen molar-refractivity contribution >= 4 is 11.9 Å². The van der Waals surface area contributed by atoms with Crippen LogP contribution in [0.3, 0.4) is 0 Å². The Morgan fingerprint density at radius 2 is 1.05 bits per heavy atom. The molecule has 0 aliphatic carbocycles. The molecule has 0 saturated heterocycles. The summed E-state index contributed by atoms with van der Waals surface area (Å²) in [5, 5.41) is 21.5. The summed E-state index contributed by atoms with van der Waals surface area (Å²) < 4.78 is 0. The van der Waals surface area contributed by atoms with E-state index < -0.39 is 11.9 Å². The number of carboxylic acid groups (broad SMARTS) is 2. The highest BCUT2D eigenvalue weighted by Crippen LogP contribution is 2.34. The first-order valence-electron chi connectivity index (χ1n) is 6.68. The summed E-state index contributed by atoms with van der Waals surface area (Å²) in [5.74, 6) is -2.32. The summed E-state index contributed by atoms with van der Waals surface area (Å²) in [5.41, 5.74) is -0.140. The molecule has 20 heavy (non-hydrogen) atoms. The molecule has 0 atom stereocenters. The van der Waals surface area contributed by atoms with Crippen molar-refractivity contribution in [2.24, 2.45) is 10.8 Å². The van der Waals surface area contributed by atoms with E-state index in [-0.39, 0.29) is 22.0 Å². The lowest BCUT2D eigenvalue weighted by atomic mass is 9.77. The van der Waals surface area contributed by atoms with Gasteiger partial charge in [-0.25, -0.2) is 0 Å². The van der Waals surface area contributed by atoms with Gasteiger partial charge in [-0.3, -0.25) is 0 Å². The smallest absolute Gasteiger partial charge is 0.0669 e. The average Bonchev–Trinajstić information content (AvgIpc) is 2.25. The van der Waals surface area contributed by atoms with Crippen LogP contribution in [0, 0.1) is 10.8 Å². The Bertz CT molecular complexity index is 397. The number of aliphatic carboxylic acids is 2. The highest BCUT2D eigenvalue weighted by atomic mass is 16.4. The van der Waals surface area contributed by atoms with Crippen molar-refractivity contribution in [1.82, 2.24) is 0 Å². The number of hydrogen-bond acceptors (Lipinski definition) is 4. The summed E-state index contributed by atoms with van der Waals surface area (Å²) in [6, 6.07) is 0. The van der Waals surface area contributed by atoms with Gasteiger partial charge in [0.25, 0.3) is 0 Å². The molecule has 0 aromatic carbocycles. The predicted octanol–water partition coefficient (Wildman–Crippen LogP) is 1.21. The van der Waals surface area contributed by atoms with E-state index in [1.54, 1.807) is 12.2 Å². The molecule has 0 fully saturated rings. The van der Waals surface area contributed by atoms with Crippen molar-refractivity contribution in [1.29, 1.82) is 0 Å². The predicted molar refractivity (Wildman–Crippen MR) is 74.3 cm³/mol. The minimum Gasteiger partial charge on any atom is -0.545 e. The van der Waals surface area contributed by atoms with Gasteiger partial charge in [-0.2, -0.15) is 0 Å². The number of rotatable bonds is 7. The zero-order valence-electron chi connectivity index (χ0n) is 13.2. The van der Waals surface area contributed by atoms with Gasteiger partial charge in [0.1, 0.15) is 0 Å². The number of carbonyl (C=O) groups excluding carboxylic acids is 2. The van der Waals surface area contributed by atoms with Crippen LogP contribution in [-0.2, 0) is 9.59 Å². The third-order valence-electron chi connectivity index (χ3n) is 3.27. The van der Waals surface area contributed by atoms with E-state index in [1.165, 1.54) is 13.8 Å². The molecule has 0 heterocycles. The van der Waals surface area contributed by atoms with Crippen molar-refractivity contribution in [3.05, 3.63) is 23.3 Å². The number of hydrogen-bond donors (Lipinski definition) is 0. The Morgan fingerprint density at radius 1 is 0.800 bits per heavy atom. The maximum atomic E-state index is 10.7. The highest BCUT2D eigenvalue weighted by Gasteiger charge is 2.22. The largest absolute Gasteiger partial charge is 0.545 e. The zero-order chi connectivity index (χ0) is 16.1. The third kappa shape index (κ3) is 7.12. The molecular weight excluding hydrogens is 256 g/mol. The van der Waals surface area contributed by atoms with Crippen molar-refractivity contribution < 1.29 is 19.8 Å². The molecule has 0 radical (unpaired) electrons. The second-order valence-corrected chi connectivity index (χ2v) is 6.71. The molecule has 4 nitrogen and oxygen atoms in total. The molecule has 0 rings (SSSR count). The quantitative estimate of drug-likeness (QED) is 0.656. The van der Waals surface area contributed by atoms with Crippen LogP contribution in [-0.4, -0.2) is 11.9 Å². The molecule has 0 amide bonds. The summed E-state index contributed by atoms with van der Waals surface area (Å²) in [6.45, 7) is 10.8. The van der Waals surface area contributed by atoms with Gasteiger partial charge in [-0.05, 0) is 48.7 Å². The number of carbonyl (C=O) groups is 2. The van der Waals surface area contributed by atoms with Crippen molar-refractivity contribution in [2.75, 3.05) is 0 Å². The topological polar surface area (TPSA) is 80.3 Å². The first-order chi connectivity index (χ1) is 8.86. The van der Waals surface area contributed by atoms with Crippen LogP contribution in [0.2, 0.25) is 0 Å². The molecule has 0 aromatic rings. The molecule has 0 saturated carbocycles. The highest BCUT2D eigenvalue weighted by molar-refractivity contribution is 5.84. The van der Waals surface area contributed by atoms with Crippen LogP contribution in [0.4, 0.5) is 0 Å². The Balaban J connectivity index is 4.84. The van der Waals surface area contributed by atoms with Gasteiger partial charge in [0.05, 0.1) is 11.9 Å². The fourth-order valence-corrected chi connectivity index (χ4v) is 2.08.